The van der Waals surface area contributed by atoms with Gasteiger partial charge in [0.25, 0.3) is 0 Å². The number of hydrogen-bond acceptors (Lipinski definition) is 5. The summed E-state index contributed by atoms with van der Waals surface area (Å²) in [4.78, 5) is 38.1. The Morgan fingerprint density at radius 1 is 1.03 bits per heavy atom. The van der Waals surface area contributed by atoms with Gasteiger partial charge in [0.2, 0.25) is 5.91 Å². The highest BCUT2D eigenvalue weighted by Gasteiger charge is 2.35. The predicted octanol–water partition coefficient (Wildman–Crippen LogP) is 4.94. The Morgan fingerprint density at radius 2 is 1.71 bits per heavy atom. The number of nitrogens with one attached hydrogen (secondary N) is 2. The molecule has 3 atom stereocenters. The molecule has 7 heteroatoms. The molecule has 0 saturated heterocycles. The molecular formula is C28H48N2O5. The standard InChI is InChI=1S/C28H48N2O5/c1-6-7-13-22(26(32)24-21(25(24)31)15-14-18(2)3)29-27(33)23(16-19(4)5)30-28(34)35-17-20-11-9-8-10-12-20/h18-20,22-23,26,32H,6-17H2,1-5H3,(H,29,33)(H,30,34)/t22-,23-,26?/m0/s1. The van der Waals surface area contributed by atoms with Crippen LogP contribution in [0.4, 0.5) is 4.79 Å². The van der Waals surface area contributed by atoms with Crippen molar-refractivity contribution in [2.45, 2.75) is 123 Å². The Kier molecular flexibility index (Phi) is 12.3. The molecule has 3 N–H and O–H groups in total. The molecule has 2 rings (SSSR count). The van der Waals surface area contributed by atoms with Crippen molar-refractivity contribution < 1.29 is 19.4 Å². The summed E-state index contributed by atoms with van der Waals surface area (Å²) in [5, 5.41) is 16.7. The Balaban J connectivity index is 2.00. The zero-order valence-corrected chi connectivity index (χ0v) is 22.5. The van der Waals surface area contributed by atoms with Gasteiger partial charge in [-0.1, -0.05) is 66.7 Å². The van der Waals surface area contributed by atoms with E-state index in [2.05, 4.69) is 24.5 Å². The number of aliphatic hydroxyl groups is 1. The van der Waals surface area contributed by atoms with Crippen LogP contribution in [0.2, 0.25) is 0 Å². The number of rotatable bonds is 15. The molecule has 1 aromatic carbocycles. The first kappa shape index (κ1) is 29.3. The van der Waals surface area contributed by atoms with Crippen LogP contribution < -0.4 is 16.1 Å². The largest absolute Gasteiger partial charge is 0.449 e. The van der Waals surface area contributed by atoms with E-state index in [0.29, 0.717) is 48.8 Å². The predicted molar refractivity (Wildman–Crippen MR) is 139 cm³/mol. The van der Waals surface area contributed by atoms with Crippen LogP contribution in [0.15, 0.2) is 4.79 Å². The van der Waals surface area contributed by atoms with Gasteiger partial charge in [-0.05, 0) is 56.3 Å². The summed E-state index contributed by atoms with van der Waals surface area (Å²) in [6.07, 6.45) is 8.48. The van der Waals surface area contributed by atoms with Crippen LogP contribution >= 0.6 is 0 Å². The molecule has 0 bridgehead atoms. The van der Waals surface area contributed by atoms with Gasteiger partial charge in [0.05, 0.1) is 12.6 Å². The highest BCUT2D eigenvalue weighted by Crippen LogP contribution is 2.27. The highest BCUT2D eigenvalue weighted by atomic mass is 16.5. The number of ether oxygens (including phenoxy) is 1. The average Bonchev–Trinajstić information content (AvgIpc) is 3.47. The lowest BCUT2D eigenvalue weighted by atomic mass is 9.90. The fourth-order valence-electron chi connectivity index (χ4n) is 4.87. The molecule has 0 radical (unpaired) electrons. The third kappa shape index (κ3) is 9.94. The molecule has 0 aromatic heterocycles. The van der Waals surface area contributed by atoms with Gasteiger partial charge < -0.3 is 20.5 Å². The summed E-state index contributed by atoms with van der Waals surface area (Å²) in [6.45, 7) is 10.6. The maximum absolute atomic E-state index is 13.2. The highest BCUT2D eigenvalue weighted by molar-refractivity contribution is 5.85. The maximum atomic E-state index is 13.2. The van der Waals surface area contributed by atoms with Crippen molar-refractivity contribution in [1.29, 1.82) is 0 Å². The van der Waals surface area contributed by atoms with Gasteiger partial charge in [-0.3, -0.25) is 9.59 Å². The zero-order chi connectivity index (χ0) is 26.0. The van der Waals surface area contributed by atoms with Crippen molar-refractivity contribution in [3.8, 4) is 0 Å². The molecule has 0 heterocycles. The van der Waals surface area contributed by atoms with E-state index in [1.54, 1.807) is 0 Å². The summed E-state index contributed by atoms with van der Waals surface area (Å²) >= 11 is 0. The molecule has 2 amide bonds. The zero-order valence-electron chi connectivity index (χ0n) is 22.5. The molecule has 1 fully saturated rings. The Hall–Kier alpha value is -1.89. The lowest BCUT2D eigenvalue weighted by molar-refractivity contribution is -0.125. The van der Waals surface area contributed by atoms with Crippen molar-refractivity contribution in [2.75, 3.05) is 6.61 Å². The van der Waals surface area contributed by atoms with E-state index < -0.39 is 24.3 Å². The summed E-state index contributed by atoms with van der Waals surface area (Å²) in [6, 6.07) is -1.32. The second-order valence-electron chi connectivity index (χ2n) is 11.3. The summed E-state index contributed by atoms with van der Waals surface area (Å²) in [5.74, 6) is 0.713. The third-order valence-corrected chi connectivity index (χ3v) is 7.12. The SMILES string of the molecule is CCCC[C@H](NC(=O)[C@H](CC(C)C)NC(=O)OCC1CCCCC1)C(O)c1c(CCC(C)C)c1=O. The molecular weight excluding hydrogens is 444 g/mol. The fourth-order valence-corrected chi connectivity index (χ4v) is 4.87. The first-order valence-corrected chi connectivity index (χ1v) is 13.8. The van der Waals surface area contributed by atoms with Crippen molar-refractivity contribution in [3.63, 3.8) is 0 Å². The number of amides is 2. The van der Waals surface area contributed by atoms with E-state index in [4.69, 9.17) is 4.74 Å². The minimum atomic E-state index is -1.02. The Morgan fingerprint density at radius 3 is 2.31 bits per heavy atom. The van der Waals surface area contributed by atoms with Crippen LogP contribution in [-0.4, -0.2) is 35.8 Å². The van der Waals surface area contributed by atoms with Gasteiger partial charge in [-0.25, -0.2) is 4.79 Å². The van der Waals surface area contributed by atoms with Crippen LogP contribution in [0.5, 0.6) is 0 Å². The minimum absolute atomic E-state index is 0.0583. The van der Waals surface area contributed by atoms with Gasteiger partial charge in [0.1, 0.15) is 12.1 Å². The van der Waals surface area contributed by atoms with E-state index in [1.807, 2.05) is 20.8 Å². The number of alkyl carbamates (subject to hydrolysis) is 1. The van der Waals surface area contributed by atoms with E-state index >= 15 is 0 Å². The Bertz CT molecular complexity index is 790. The van der Waals surface area contributed by atoms with Gasteiger partial charge >= 0.3 is 6.09 Å². The number of carbonyl (C=O) groups is 2. The van der Waals surface area contributed by atoms with Crippen molar-refractivity contribution >= 4 is 12.0 Å². The van der Waals surface area contributed by atoms with E-state index in [0.717, 1.165) is 32.1 Å². The molecule has 200 valence electrons. The topological polar surface area (TPSA) is 105 Å². The molecule has 1 aromatic rings. The molecule has 1 unspecified atom stereocenters. The molecule has 1 saturated carbocycles. The van der Waals surface area contributed by atoms with Crippen LogP contribution in [0.25, 0.3) is 0 Å². The smallest absolute Gasteiger partial charge is 0.407 e. The maximum Gasteiger partial charge on any atom is 0.407 e. The fraction of sp³-hybridized carbons (Fsp3) is 0.821. The van der Waals surface area contributed by atoms with Crippen LogP contribution in [0.1, 0.15) is 116 Å². The van der Waals surface area contributed by atoms with Gasteiger partial charge in [-0.2, -0.15) is 0 Å². The molecule has 0 aliphatic heterocycles. The first-order chi connectivity index (χ1) is 16.6. The van der Waals surface area contributed by atoms with E-state index in [-0.39, 0.29) is 17.3 Å². The third-order valence-electron chi connectivity index (χ3n) is 7.12. The lowest BCUT2D eigenvalue weighted by Crippen LogP contribution is -2.51. The lowest BCUT2D eigenvalue weighted by Gasteiger charge is -2.27. The second kappa shape index (κ2) is 14.6. The monoisotopic (exact) mass is 492 g/mol. The van der Waals surface area contributed by atoms with Crippen LogP contribution in [0.3, 0.4) is 0 Å². The van der Waals surface area contributed by atoms with Crippen molar-refractivity contribution in [3.05, 3.63) is 21.4 Å². The molecule has 1 aliphatic rings. The minimum Gasteiger partial charge on any atom is -0.449 e. The van der Waals surface area contributed by atoms with Crippen LogP contribution in [0, 0.1) is 17.8 Å². The quantitative estimate of drug-likeness (QED) is 0.322. The number of hydrogen-bond donors (Lipinski definition) is 3. The van der Waals surface area contributed by atoms with Crippen LogP contribution in [-0.2, 0) is 16.0 Å². The number of carbonyl (C=O) groups excluding carboxylic acids is 2. The molecule has 35 heavy (non-hydrogen) atoms. The van der Waals surface area contributed by atoms with Gasteiger partial charge in [0, 0.05) is 11.1 Å². The number of unbranched alkanes of at least 4 members (excludes halogenated alkanes) is 1. The number of aliphatic hydroxyl groups excluding tert-OH is 1. The summed E-state index contributed by atoms with van der Waals surface area (Å²) in [7, 11) is 0. The summed E-state index contributed by atoms with van der Waals surface area (Å²) < 4.78 is 5.45. The molecule has 7 nitrogen and oxygen atoms in total. The van der Waals surface area contributed by atoms with E-state index in [9.17, 15) is 19.5 Å². The average molecular weight is 493 g/mol. The van der Waals surface area contributed by atoms with Crippen molar-refractivity contribution in [2.24, 2.45) is 17.8 Å². The van der Waals surface area contributed by atoms with Gasteiger partial charge in [-0.15, -0.1) is 0 Å². The molecule has 1 aliphatic carbocycles. The summed E-state index contributed by atoms with van der Waals surface area (Å²) in [5.41, 5.74) is 1.12. The molecule has 0 spiro atoms. The Labute approximate surface area is 211 Å². The first-order valence-electron chi connectivity index (χ1n) is 13.8. The van der Waals surface area contributed by atoms with E-state index in [1.165, 1.54) is 19.3 Å². The van der Waals surface area contributed by atoms with Crippen molar-refractivity contribution in [1.82, 2.24) is 10.6 Å². The normalized spacial score (nSPS) is 17.5. The van der Waals surface area contributed by atoms with Gasteiger partial charge in [0.15, 0.2) is 5.43 Å². The second-order valence-corrected chi connectivity index (χ2v) is 11.3.